The van der Waals surface area contributed by atoms with Crippen LogP contribution in [0.3, 0.4) is 0 Å². The van der Waals surface area contributed by atoms with Gasteiger partial charge in [-0.15, -0.1) is 0 Å². The number of halogens is 1. The fraction of sp³-hybridized carbons (Fsp3) is 0.337. The minimum atomic E-state index is -1.93. The predicted octanol–water partition coefficient (Wildman–Crippen LogP) is 11.7. The van der Waals surface area contributed by atoms with Crippen LogP contribution in [0.25, 0.3) is 11.1 Å². The Morgan fingerprint density at radius 2 is 0.752 bits per heavy atom. The van der Waals surface area contributed by atoms with Gasteiger partial charge in [0.25, 0.3) is 0 Å². The smallest absolute Gasteiger partial charge is 0.344 e. The van der Waals surface area contributed by atoms with Gasteiger partial charge in [-0.05, 0) is 181 Å². The highest BCUT2D eigenvalue weighted by Crippen LogP contribution is 2.38. The summed E-state index contributed by atoms with van der Waals surface area (Å²) in [5.41, 5.74) is 4.18. The van der Waals surface area contributed by atoms with Crippen molar-refractivity contribution < 1.29 is 86.6 Å². The zero-order valence-corrected chi connectivity index (χ0v) is 73.1. The summed E-state index contributed by atoms with van der Waals surface area (Å²) in [6, 6.07) is 57.6. The van der Waals surface area contributed by atoms with Gasteiger partial charge in [-0.1, -0.05) is 212 Å². The largest absolute Gasteiger partial charge is 0.508 e. The van der Waals surface area contributed by atoms with Crippen LogP contribution in [0.5, 0.6) is 17.2 Å². The molecule has 125 heavy (non-hydrogen) atoms. The van der Waals surface area contributed by atoms with Crippen molar-refractivity contribution in [3.05, 3.63) is 292 Å². The van der Waals surface area contributed by atoms with E-state index in [1.165, 1.54) is 43.3 Å². The molecule has 0 aliphatic heterocycles. The average molecular weight is 1720 g/mol. The molecule has 7 amide bonds. The average Bonchev–Trinajstić information content (AvgIpc) is 0.754. The van der Waals surface area contributed by atoms with E-state index in [9.17, 15) is 39.0 Å². The van der Waals surface area contributed by atoms with E-state index >= 15 is 24.0 Å². The first-order valence-corrected chi connectivity index (χ1v) is 41.6. The zero-order chi connectivity index (χ0) is 90.8. The fourth-order valence-corrected chi connectivity index (χ4v) is 14.2. The van der Waals surface area contributed by atoms with E-state index in [4.69, 9.17) is 35.5 Å². The number of phenolic OH excluding ortho intramolecular Hbond substituents is 1. The lowest BCUT2D eigenvalue weighted by molar-refractivity contribution is -0.158. The number of nitrogens with zero attached hydrogens (tertiary/aromatic N) is 1. The highest BCUT2D eigenvalue weighted by atomic mass is 35.5. The number of phenols is 1. The Hall–Kier alpha value is -13.2. The number of hydrogen-bond acceptors (Lipinski definition) is 18. The number of carboxylic acids is 1. The lowest BCUT2D eigenvalue weighted by Gasteiger charge is -2.38. The third-order valence-electron chi connectivity index (χ3n) is 19.9. The molecule has 9 rings (SSSR count). The number of rotatable bonds is 40. The predicted molar refractivity (Wildman–Crippen MR) is 474 cm³/mol. The Labute approximate surface area is 734 Å². The molecule has 7 atom stereocenters. The van der Waals surface area contributed by atoms with Crippen LogP contribution in [0.2, 0.25) is 0 Å². The summed E-state index contributed by atoms with van der Waals surface area (Å²) in [5.74, 6) is -9.97. The number of carbonyl (C=O) groups is 11. The van der Waals surface area contributed by atoms with E-state index in [2.05, 4.69) is 37.2 Å². The van der Waals surface area contributed by atoms with Gasteiger partial charge in [0.15, 0.2) is 13.2 Å². The van der Waals surface area contributed by atoms with Crippen molar-refractivity contribution >= 4 is 77.0 Å². The summed E-state index contributed by atoms with van der Waals surface area (Å²) < 4.78 is 29.1. The SMILES string of the molecule is CC(=O)N(Cl)[C@@H](CCNC(c1ccccc1)(c1ccccc1)c1ccc(C)cc1)C(=O)N[C@@H](Cc1ccc(OCC(=O)OC(C)(C)C)cc1)C(=O)N[C@@H](CC(=O)OC(C)(C)C)C(=O)N[C@@H](Cc1ccccc1)C(=O)N[C@@H](Cc1ccc(OCC(=O)OC(C)(C)C)c(C)c1)C(=O)N[C@@H](Cc1ccc(-c2ccccc2)cc1)C(=O)N[C@@H](Cc1ccc(O)cc1)C(=O)O. The summed E-state index contributed by atoms with van der Waals surface area (Å²) in [7, 11) is 0. The van der Waals surface area contributed by atoms with Crippen LogP contribution in [-0.4, -0.2) is 159 Å². The molecule has 9 aromatic rings. The number of benzene rings is 9. The first-order valence-electron chi connectivity index (χ1n) is 41.3. The van der Waals surface area contributed by atoms with Crippen LogP contribution in [0.4, 0.5) is 0 Å². The highest BCUT2D eigenvalue weighted by molar-refractivity contribution is 6.22. The van der Waals surface area contributed by atoms with Gasteiger partial charge in [-0.25, -0.2) is 18.8 Å². The van der Waals surface area contributed by atoms with Crippen molar-refractivity contribution in [3.63, 3.8) is 0 Å². The van der Waals surface area contributed by atoms with Gasteiger partial charge in [0.05, 0.1) is 12.0 Å². The molecule has 27 heteroatoms. The van der Waals surface area contributed by atoms with Crippen molar-refractivity contribution in [3.8, 4) is 28.4 Å². The number of ether oxygens (including phenoxy) is 5. The number of amides is 7. The lowest BCUT2D eigenvalue weighted by atomic mass is 9.76. The molecule has 0 bridgehead atoms. The van der Waals surface area contributed by atoms with Gasteiger partial charge in [0.1, 0.15) is 76.3 Å². The molecule has 26 nitrogen and oxygen atoms in total. The summed E-state index contributed by atoms with van der Waals surface area (Å²) in [6.07, 6.45) is -2.47. The van der Waals surface area contributed by atoms with E-state index in [-0.39, 0.29) is 62.3 Å². The molecule has 9 N–H and O–H groups in total. The third-order valence-corrected chi connectivity index (χ3v) is 20.4. The molecule has 0 spiro atoms. The maximum atomic E-state index is 15.8. The summed E-state index contributed by atoms with van der Waals surface area (Å²) in [5, 5.41) is 40.9. The number of aliphatic carboxylic acids is 1. The number of hydrogen-bond donors (Lipinski definition) is 9. The minimum Gasteiger partial charge on any atom is -0.508 e. The second-order valence-corrected chi connectivity index (χ2v) is 34.0. The zero-order valence-electron chi connectivity index (χ0n) is 72.4. The van der Waals surface area contributed by atoms with Crippen LogP contribution >= 0.6 is 11.8 Å². The van der Waals surface area contributed by atoms with Crippen molar-refractivity contribution in [2.45, 2.75) is 193 Å². The van der Waals surface area contributed by atoms with Crippen molar-refractivity contribution in [2.24, 2.45) is 0 Å². The van der Waals surface area contributed by atoms with Gasteiger partial charge in [0.2, 0.25) is 41.4 Å². The van der Waals surface area contributed by atoms with Crippen molar-refractivity contribution in [2.75, 3.05) is 19.8 Å². The molecule has 0 aliphatic carbocycles. The van der Waals surface area contributed by atoms with Crippen molar-refractivity contribution in [1.29, 1.82) is 0 Å². The normalized spacial score (nSPS) is 13.2. The maximum absolute atomic E-state index is 15.8. The quantitative estimate of drug-likeness (QED) is 0.00745. The van der Waals surface area contributed by atoms with Gasteiger partial charge in [0, 0.05) is 50.8 Å². The Balaban J connectivity index is 1.08. The molecular formula is C98H111ClN8O18. The van der Waals surface area contributed by atoms with Gasteiger partial charge in [-0.3, -0.25) is 43.7 Å². The van der Waals surface area contributed by atoms with Gasteiger partial charge in [-0.2, -0.15) is 0 Å². The lowest BCUT2D eigenvalue weighted by Crippen LogP contribution is -2.61. The second kappa shape index (κ2) is 44.2. The number of aromatic hydroxyl groups is 1. The molecular weight excluding hydrogens is 1610 g/mol. The monoisotopic (exact) mass is 1720 g/mol. The fourth-order valence-electron chi connectivity index (χ4n) is 14.0. The molecule has 0 unspecified atom stereocenters. The van der Waals surface area contributed by atoms with Crippen LogP contribution in [0, 0.1) is 13.8 Å². The van der Waals surface area contributed by atoms with Gasteiger partial charge >= 0.3 is 23.9 Å². The Morgan fingerprint density at radius 1 is 0.392 bits per heavy atom. The van der Waals surface area contributed by atoms with Crippen LogP contribution in [0.15, 0.2) is 237 Å². The third kappa shape index (κ3) is 29.8. The van der Waals surface area contributed by atoms with Gasteiger partial charge < -0.3 is 65.8 Å². The number of esters is 3. The second-order valence-electron chi connectivity index (χ2n) is 33.6. The summed E-state index contributed by atoms with van der Waals surface area (Å²) >= 11 is 6.89. The Bertz CT molecular complexity index is 5120. The minimum absolute atomic E-state index is 0.0113. The topological polar surface area (TPSA) is 362 Å². The first kappa shape index (κ1) is 95.6. The Morgan fingerprint density at radius 3 is 1.21 bits per heavy atom. The number of aryl methyl sites for hydroxylation is 2. The highest BCUT2D eigenvalue weighted by Gasteiger charge is 2.41. The number of carbonyl (C=O) groups excluding carboxylic acids is 10. The molecule has 0 heterocycles. The number of nitrogens with one attached hydrogen (secondary N) is 7. The number of carboxylic acid groups (broad SMARTS) is 1. The maximum Gasteiger partial charge on any atom is 0.344 e. The molecule has 0 aromatic heterocycles. The van der Waals surface area contributed by atoms with E-state index in [1.54, 1.807) is 142 Å². The molecule has 0 saturated carbocycles. The molecule has 0 radical (unpaired) electrons. The van der Waals surface area contributed by atoms with Crippen LogP contribution in [0.1, 0.15) is 138 Å². The first-order chi connectivity index (χ1) is 59.3. The summed E-state index contributed by atoms with van der Waals surface area (Å²) in [4.78, 5) is 160. The molecule has 9 aromatic carbocycles. The molecule has 658 valence electrons. The standard InChI is InChI=1S/C98H111ClN8O18/c1-62-33-44-74(45-34-62)98(72-29-21-15-22-30-72,73-31-23-16-24-32-73)100-52-51-83(107(99)64(3)108)93(118)105-79(56-68-39-48-76(49-40-68)121-60-86(111)124-96(7,8)9)89(114)104-81(59-85(110)123-95(4,5)6)92(117)102-77(54-65-25-17-13-18-26-65)88(113)103-80(58-69-41-50-84(63(2)53-69)122-61-87(112)125-97(10,11)12)90(115)101-78(55-66-35-42-71(43-36-66)70-27-19-14-20-28-70)91(116)106-82(94(119)120)57-67-37-46-75(109)47-38-67/h13-50,53,77-83,100,109H,51-52,54-61H2,1-12H3,(H,101,115)(H,102,117)(H,103,113)(H,104,114)(H,105,118)(H,106,116)(H,119,120)/t77-,78-,79-,80-,81-,82-,83-/m0/s1. The molecule has 0 saturated heterocycles. The van der Waals surface area contributed by atoms with E-state index in [0.29, 0.717) is 33.4 Å². The molecule has 0 aliphatic rings. The van der Waals surface area contributed by atoms with Crippen molar-refractivity contribution in [1.82, 2.24) is 41.6 Å². The van der Waals surface area contributed by atoms with E-state index in [0.717, 1.165) is 37.8 Å². The van der Waals surface area contributed by atoms with Crippen LogP contribution in [-0.2, 0) is 105 Å². The van der Waals surface area contributed by atoms with Crippen LogP contribution < -0.4 is 46.7 Å². The summed E-state index contributed by atoms with van der Waals surface area (Å²) in [6.45, 7) is 19.0. The van der Waals surface area contributed by atoms with E-state index < -0.39 is 149 Å². The molecule has 0 fully saturated rings. The Kier molecular flexibility index (Phi) is 33.8. The van der Waals surface area contributed by atoms with E-state index in [1.807, 2.05) is 134 Å².